The molecule has 8 heteroatoms. The molecule has 1 aromatic carbocycles. The van der Waals surface area contributed by atoms with Gasteiger partial charge in [-0.3, -0.25) is 19.4 Å². The SMILES string of the molecule is CCOc1cccc2sc(N(Cc3ccccn3)C(=O)c3c(C)cnn3C)nc12. The highest BCUT2D eigenvalue weighted by atomic mass is 32.1. The number of carbonyl (C=O) groups excluding carboxylic acids is 1. The van der Waals surface area contributed by atoms with Gasteiger partial charge in [0.1, 0.15) is 17.0 Å². The number of amides is 1. The van der Waals surface area contributed by atoms with Gasteiger partial charge in [0.15, 0.2) is 5.13 Å². The molecule has 0 saturated carbocycles. The second-order valence-corrected chi connectivity index (χ2v) is 7.55. The molecule has 1 amide bonds. The first-order valence-electron chi connectivity index (χ1n) is 9.31. The van der Waals surface area contributed by atoms with E-state index in [1.165, 1.54) is 11.3 Å². The Bertz CT molecular complexity index is 1130. The summed E-state index contributed by atoms with van der Waals surface area (Å²) >= 11 is 1.46. The highest BCUT2D eigenvalue weighted by Crippen LogP contribution is 2.35. The molecule has 0 fully saturated rings. The third-order valence-corrected chi connectivity index (χ3v) is 5.56. The van der Waals surface area contributed by atoms with E-state index in [9.17, 15) is 4.79 Å². The summed E-state index contributed by atoms with van der Waals surface area (Å²) in [5, 5.41) is 4.82. The average Bonchev–Trinajstić information content (AvgIpc) is 3.30. The number of pyridine rings is 1. The lowest BCUT2D eigenvalue weighted by Crippen LogP contribution is -2.32. The first kappa shape index (κ1) is 19.1. The number of nitrogens with zero attached hydrogens (tertiary/aromatic N) is 5. The zero-order valence-corrected chi connectivity index (χ0v) is 17.3. The summed E-state index contributed by atoms with van der Waals surface area (Å²) in [5.74, 6) is 0.555. The van der Waals surface area contributed by atoms with Gasteiger partial charge in [0.05, 0.1) is 29.7 Å². The molecule has 3 heterocycles. The van der Waals surface area contributed by atoms with Crippen LogP contribution in [0.25, 0.3) is 10.2 Å². The lowest BCUT2D eigenvalue weighted by molar-refractivity contribution is 0.0975. The Hall–Kier alpha value is -3.26. The van der Waals surface area contributed by atoms with Gasteiger partial charge in [-0.1, -0.05) is 23.5 Å². The Balaban J connectivity index is 1.81. The molecule has 0 saturated heterocycles. The molecule has 0 spiro atoms. The maximum Gasteiger partial charge on any atom is 0.278 e. The third-order valence-electron chi connectivity index (χ3n) is 4.52. The van der Waals surface area contributed by atoms with Crippen molar-refractivity contribution >= 4 is 32.6 Å². The number of carbonyl (C=O) groups is 1. The summed E-state index contributed by atoms with van der Waals surface area (Å²) < 4.78 is 8.28. The van der Waals surface area contributed by atoms with Crippen LogP contribution in [0, 0.1) is 6.92 Å². The smallest absolute Gasteiger partial charge is 0.278 e. The van der Waals surface area contributed by atoms with Crippen LogP contribution in [-0.2, 0) is 13.6 Å². The second kappa shape index (κ2) is 8.00. The summed E-state index contributed by atoms with van der Waals surface area (Å²) in [4.78, 5) is 24.3. The Morgan fingerprint density at radius 2 is 2.10 bits per heavy atom. The van der Waals surface area contributed by atoms with E-state index >= 15 is 0 Å². The van der Waals surface area contributed by atoms with E-state index in [2.05, 4.69) is 10.1 Å². The van der Waals surface area contributed by atoms with Gasteiger partial charge >= 0.3 is 0 Å². The van der Waals surface area contributed by atoms with Crippen molar-refractivity contribution in [1.29, 1.82) is 0 Å². The summed E-state index contributed by atoms with van der Waals surface area (Å²) in [6.07, 6.45) is 3.41. The van der Waals surface area contributed by atoms with Crippen molar-refractivity contribution in [1.82, 2.24) is 19.7 Å². The Morgan fingerprint density at radius 3 is 2.79 bits per heavy atom. The zero-order chi connectivity index (χ0) is 20.4. The van der Waals surface area contributed by atoms with Crippen molar-refractivity contribution in [2.45, 2.75) is 20.4 Å². The van der Waals surface area contributed by atoms with Crippen LogP contribution in [0.15, 0.2) is 48.8 Å². The molecule has 0 radical (unpaired) electrons. The van der Waals surface area contributed by atoms with Crippen molar-refractivity contribution in [3.05, 3.63) is 65.7 Å². The number of hydrogen-bond acceptors (Lipinski definition) is 6. The van der Waals surface area contributed by atoms with Crippen LogP contribution < -0.4 is 9.64 Å². The van der Waals surface area contributed by atoms with Crippen molar-refractivity contribution in [2.75, 3.05) is 11.5 Å². The van der Waals surface area contributed by atoms with Crippen molar-refractivity contribution in [2.24, 2.45) is 7.05 Å². The van der Waals surface area contributed by atoms with Gasteiger partial charge in [-0.15, -0.1) is 0 Å². The fraction of sp³-hybridized carbons (Fsp3) is 0.238. The Labute approximate surface area is 172 Å². The normalized spacial score (nSPS) is 11.0. The third kappa shape index (κ3) is 3.71. The number of rotatable bonds is 6. The topological polar surface area (TPSA) is 73.1 Å². The molecular weight excluding hydrogens is 386 g/mol. The number of thiazole rings is 1. The predicted octanol–water partition coefficient (Wildman–Crippen LogP) is 3.98. The minimum Gasteiger partial charge on any atom is -0.492 e. The summed E-state index contributed by atoms with van der Waals surface area (Å²) in [6, 6.07) is 11.5. The van der Waals surface area contributed by atoms with Crippen LogP contribution >= 0.6 is 11.3 Å². The van der Waals surface area contributed by atoms with Gasteiger partial charge < -0.3 is 4.74 Å². The van der Waals surface area contributed by atoms with Crippen LogP contribution in [0.1, 0.15) is 28.7 Å². The molecule has 29 heavy (non-hydrogen) atoms. The van der Waals surface area contributed by atoms with E-state index in [4.69, 9.17) is 9.72 Å². The van der Waals surface area contributed by atoms with Crippen molar-refractivity contribution in [3.8, 4) is 5.75 Å². The van der Waals surface area contributed by atoms with Gasteiger partial charge in [0.25, 0.3) is 5.91 Å². The van der Waals surface area contributed by atoms with E-state index in [0.29, 0.717) is 24.0 Å². The first-order valence-corrected chi connectivity index (χ1v) is 10.1. The molecule has 0 bridgehead atoms. The molecule has 3 aromatic heterocycles. The lowest BCUT2D eigenvalue weighted by atomic mass is 10.2. The van der Waals surface area contributed by atoms with Crippen molar-refractivity contribution < 1.29 is 9.53 Å². The highest BCUT2D eigenvalue weighted by molar-refractivity contribution is 7.22. The standard InChI is InChI=1S/C21H21N5O2S/c1-4-28-16-9-7-10-17-18(16)24-21(29-17)26(13-15-8-5-6-11-22-15)20(27)19-14(2)12-23-25(19)3/h5-12H,4,13H2,1-3H3. The molecular formula is C21H21N5O2S. The number of aromatic nitrogens is 4. The molecule has 4 aromatic rings. The highest BCUT2D eigenvalue weighted by Gasteiger charge is 2.26. The largest absolute Gasteiger partial charge is 0.492 e. The maximum atomic E-state index is 13.5. The van der Waals surface area contributed by atoms with E-state index in [1.807, 2.05) is 50.2 Å². The van der Waals surface area contributed by atoms with Gasteiger partial charge in [-0.05, 0) is 43.7 Å². The van der Waals surface area contributed by atoms with E-state index in [0.717, 1.165) is 27.2 Å². The summed E-state index contributed by atoms with van der Waals surface area (Å²) in [7, 11) is 1.77. The number of para-hydroxylation sites is 1. The molecule has 148 valence electrons. The van der Waals surface area contributed by atoms with Crippen LogP contribution in [0.2, 0.25) is 0 Å². The summed E-state index contributed by atoms with van der Waals surface area (Å²) in [6.45, 7) is 4.68. The molecule has 0 aliphatic rings. The molecule has 0 atom stereocenters. The maximum absolute atomic E-state index is 13.5. The fourth-order valence-corrected chi connectivity index (χ4v) is 4.14. The molecule has 0 N–H and O–H groups in total. The number of aryl methyl sites for hydroxylation is 2. The first-order chi connectivity index (χ1) is 14.1. The Kier molecular flexibility index (Phi) is 5.26. The number of fused-ring (bicyclic) bond motifs is 1. The average molecular weight is 407 g/mol. The predicted molar refractivity (Wildman–Crippen MR) is 113 cm³/mol. The molecule has 0 aliphatic carbocycles. The number of anilines is 1. The Morgan fingerprint density at radius 1 is 1.24 bits per heavy atom. The number of benzene rings is 1. The second-order valence-electron chi connectivity index (χ2n) is 6.54. The van der Waals surface area contributed by atoms with Crippen molar-refractivity contribution in [3.63, 3.8) is 0 Å². The lowest BCUT2D eigenvalue weighted by Gasteiger charge is -2.20. The quantitative estimate of drug-likeness (QED) is 0.483. The number of hydrogen-bond donors (Lipinski definition) is 0. The zero-order valence-electron chi connectivity index (χ0n) is 16.5. The molecule has 0 unspecified atom stereocenters. The fourth-order valence-electron chi connectivity index (χ4n) is 3.16. The molecule has 7 nitrogen and oxygen atoms in total. The number of ether oxygens (including phenoxy) is 1. The van der Waals surface area contributed by atoms with Gasteiger partial charge in [-0.25, -0.2) is 4.98 Å². The monoisotopic (exact) mass is 407 g/mol. The van der Waals surface area contributed by atoms with Crippen LogP contribution in [-0.4, -0.2) is 32.3 Å². The summed E-state index contributed by atoms with van der Waals surface area (Å²) in [5.41, 5.74) is 2.89. The van der Waals surface area contributed by atoms with Crippen LogP contribution in [0.5, 0.6) is 5.75 Å². The minimum absolute atomic E-state index is 0.162. The van der Waals surface area contributed by atoms with Crippen LogP contribution in [0.4, 0.5) is 5.13 Å². The van der Waals surface area contributed by atoms with Gasteiger partial charge in [0.2, 0.25) is 0 Å². The van der Waals surface area contributed by atoms with E-state index in [-0.39, 0.29) is 5.91 Å². The van der Waals surface area contributed by atoms with Crippen LogP contribution in [0.3, 0.4) is 0 Å². The molecule has 0 aliphatic heterocycles. The van der Waals surface area contributed by atoms with E-state index in [1.54, 1.807) is 29.0 Å². The molecule has 4 rings (SSSR count). The van der Waals surface area contributed by atoms with E-state index < -0.39 is 0 Å². The van der Waals surface area contributed by atoms with Gasteiger partial charge in [-0.2, -0.15) is 5.10 Å². The minimum atomic E-state index is -0.162. The van der Waals surface area contributed by atoms with Gasteiger partial charge in [0, 0.05) is 13.2 Å².